The van der Waals surface area contributed by atoms with E-state index < -0.39 is 0 Å². The lowest BCUT2D eigenvalue weighted by molar-refractivity contribution is -0.117. The smallest absolute Gasteiger partial charge is 0.262 e. The molecule has 1 aliphatic carbocycles. The summed E-state index contributed by atoms with van der Waals surface area (Å²) in [6, 6.07) is 10.0. The fraction of sp³-hybridized carbons (Fsp3) is 0.391. The van der Waals surface area contributed by atoms with Crippen LogP contribution in [0.3, 0.4) is 0 Å². The van der Waals surface area contributed by atoms with Crippen molar-refractivity contribution in [3.8, 4) is 23.3 Å². The Morgan fingerprint density at radius 1 is 1.17 bits per heavy atom. The summed E-state index contributed by atoms with van der Waals surface area (Å²) in [7, 11) is 0. The number of aryl methyl sites for hydroxylation is 1. The van der Waals surface area contributed by atoms with Crippen molar-refractivity contribution in [3.63, 3.8) is 0 Å². The second-order valence-electron chi connectivity index (χ2n) is 7.68. The molecule has 1 amide bonds. The van der Waals surface area contributed by atoms with Crippen molar-refractivity contribution in [2.45, 2.75) is 52.0 Å². The van der Waals surface area contributed by atoms with Crippen LogP contribution in [-0.4, -0.2) is 23.3 Å². The van der Waals surface area contributed by atoms with Gasteiger partial charge in [-0.05, 0) is 56.5 Å². The maximum atomic E-state index is 12.6. The molecule has 2 heterocycles. The summed E-state index contributed by atoms with van der Waals surface area (Å²) in [6.45, 7) is 4.22. The summed E-state index contributed by atoms with van der Waals surface area (Å²) in [5.41, 5.74) is 3.92. The number of rotatable bonds is 4. The molecule has 1 N–H and O–H groups in total. The minimum absolute atomic E-state index is 0.140. The topological polar surface area (TPSA) is 76.3 Å². The molecule has 1 aliphatic heterocycles. The van der Waals surface area contributed by atoms with Crippen molar-refractivity contribution < 1.29 is 14.3 Å². The molecule has 1 aromatic heterocycles. The standard InChI is InChI=1S/C23H25N3O3/c1-15-10-17(11-18(13-24)23(27)25-19-6-4-3-5-7-19)16(2)26(15)20-8-9-21-22(12-20)29-14-28-21/h8-12,19H,3-7,14H2,1-2H3,(H,25,27)/b18-11+. The first kappa shape index (κ1) is 19.1. The van der Waals surface area contributed by atoms with Crippen molar-refractivity contribution in [2.75, 3.05) is 6.79 Å². The minimum Gasteiger partial charge on any atom is -0.454 e. The van der Waals surface area contributed by atoms with Gasteiger partial charge in [-0.3, -0.25) is 4.79 Å². The van der Waals surface area contributed by atoms with Crippen LogP contribution in [0.25, 0.3) is 11.8 Å². The molecular weight excluding hydrogens is 366 g/mol. The second-order valence-corrected chi connectivity index (χ2v) is 7.68. The third-order valence-electron chi connectivity index (χ3n) is 5.69. The molecule has 4 rings (SSSR count). The number of amides is 1. The highest BCUT2D eigenvalue weighted by Gasteiger charge is 2.20. The molecule has 6 heteroatoms. The summed E-state index contributed by atoms with van der Waals surface area (Å²) >= 11 is 0. The average molecular weight is 391 g/mol. The third kappa shape index (κ3) is 3.86. The molecule has 1 fully saturated rings. The molecule has 2 aromatic rings. The number of aromatic nitrogens is 1. The Labute approximate surface area is 170 Å². The van der Waals surface area contributed by atoms with Gasteiger partial charge in [0.05, 0.1) is 0 Å². The van der Waals surface area contributed by atoms with Crippen molar-refractivity contribution in [2.24, 2.45) is 0 Å². The van der Waals surface area contributed by atoms with Gasteiger partial charge in [0, 0.05) is 29.2 Å². The number of ether oxygens (including phenoxy) is 2. The van der Waals surface area contributed by atoms with Crippen LogP contribution in [0.4, 0.5) is 0 Å². The van der Waals surface area contributed by atoms with E-state index >= 15 is 0 Å². The number of hydrogen-bond acceptors (Lipinski definition) is 4. The number of fused-ring (bicyclic) bond motifs is 1. The molecule has 29 heavy (non-hydrogen) atoms. The fourth-order valence-corrected chi connectivity index (χ4v) is 4.17. The van der Waals surface area contributed by atoms with Gasteiger partial charge in [0.1, 0.15) is 11.6 Å². The first-order valence-electron chi connectivity index (χ1n) is 10.1. The predicted octanol–water partition coefficient (Wildman–Crippen LogP) is 4.18. The van der Waals surface area contributed by atoms with Crippen LogP contribution in [0.5, 0.6) is 11.5 Å². The van der Waals surface area contributed by atoms with Gasteiger partial charge < -0.3 is 19.4 Å². The molecule has 0 spiro atoms. The monoisotopic (exact) mass is 391 g/mol. The third-order valence-corrected chi connectivity index (χ3v) is 5.69. The predicted molar refractivity (Wildman–Crippen MR) is 110 cm³/mol. The van der Waals surface area contributed by atoms with Gasteiger partial charge in [0.15, 0.2) is 11.5 Å². The van der Waals surface area contributed by atoms with E-state index in [4.69, 9.17) is 9.47 Å². The van der Waals surface area contributed by atoms with Gasteiger partial charge in [0.25, 0.3) is 5.91 Å². The molecule has 0 unspecified atom stereocenters. The number of nitrogens with one attached hydrogen (secondary N) is 1. The zero-order valence-corrected chi connectivity index (χ0v) is 16.8. The molecular formula is C23H25N3O3. The van der Waals surface area contributed by atoms with Crippen LogP contribution in [0, 0.1) is 25.2 Å². The van der Waals surface area contributed by atoms with E-state index in [0.29, 0.717) is 0 Å². The summed E-state index contributed by atoms with van der Waals surface area (Å²) in [4.78, 5) is 12.6. The van der Waals surface area contributed by atoms with E-state index in [9.17, 15) is 10.1 Å². The maximum absolute atomic E-state index is 12.6. The largest absolute Gasteiger partial charge is 0.454 e. The first-order valence-corrected chi connectivity index (χ1v) is 10.1. The number of carbonyl (C=O) groups excluding carboxylic acids is 1. The Bertz CT molecular complexity index is 1010. The molecule has 150 valence electrons. The number of nitriles is 1. The van der Waals surface area contributed by atoms with Crippen LogP contribution < -0.4 is 14.8 Å². The van der Waals surface area contributed by atoms with E-state index in [-0.39, 0.29) is 24.3 Å². The van der Waals surface area contributed by atoms with E-state index in [1.165, 1.54) is 6.42 Å². The van der Waals surface area contributed by atoms with E-state index in [1.807, 2.05) is 38.1 Å². The van der Waals surface area contributed by atoms with Crippen LogP contribution >= 0.6 is 0 Å². The van der Waals surface area contributed by atoms with Crippen molar-refractivity contribution in [3.05, 3.63) is 46.8 Å². The SMILES string of the molecule is Cc1cc(/C=C(\C#N)C(=O)NC2CCCCC2)c(C)n1-c1ccc2c(c1)OCO2. The van der Waals surface area contributed by atoms with Gasteiger partial charge in [-0.2, -0.15) is 5.26 Å². The number of benzene rings is 1. The average Bonchev–Trinajstić information content (AvgIpc) is 3.30. The normalized spacial score (nSPS) is 16.5. The molecule has 0 atom stereocenters. The Hall–Kier alpha value is -3.20. The summed E-state index contributed by atoms with van der Waals surface area (Å²) in [6.07, 6.45) is 7.15. The molecule has 0 bridgehead atoms. The number of hydrogen-bond donors (Lipinski definition) is 1. The Kier molecular flexibility index (Phi) is 5.30. The summed E-state index contributed by atoms with van der Waals surface area (Å²) in [5.74, 6) is 1.17. The molecule has 6 nitrogen and oxygen atoms in total. The van der Waals surface area contributed by atoms with E-state index in [1.54, 1.807) is 6.08 Å². The van der Waals surface area contributed by atoms with Crippen molar-refractivity contribution >= 4 is 12.0 Å². The summed E-state index contributed by atoms with van der Waals surface area (Å²) < 4.78 is 13.0. The van der Waals surface area contributed by atoms with E-state index in [0.717, 1.165) is 59.8 Å². The van der Waals surface area contributed by atoms with Crippen LogP contribution in [0.1, 0.15) is 49.1 Å². The summed E-state index contributed by atoms with van der Waals surface area (Å²) in [5, 5.41) is 12.6. The highest BCUT2D eigenvalue weighted by atomic mass is 16.7. The molecule has 2 aliphatic rings. The van der Waals surface area contributed by atoms with Crippen LogP contribution in [0.15, 0.2) is 29.8 Å². The lowest BCUT2D eigenvalue weighted by Gasteiger charge is -2.22. The molecule has 0 saturated heterocycles. The highest BCUT2D eigenvalue weighted by Crippen LogP contribution is 2.35. The lowest BCUT2D eigenvalue weighted by Crippen LogP contribution is -2.36. The van der Waals surface area contributed by atoms with Gasteiger partial charge >= 0.3 is 0 Å². The van der Waals surface area contributed by atoms with Gasteiger partial charge in [-0.1, -0.05) is 19.3 Å². The Balaban J connectivity index is 1.60. The van der Waals surface area contributed by atoms with Crippen molar-refractivity contribution in [1.29, 1.82) is 5.26 Å². The number of carbonyl (C=O) groups is 1. The Morgan fingerprint density at radius 3 is 2.69 bits per heavy atom. The first-order chi connectivity index (χ1) is 14.1. The molecule has 0 radical (unpaired) electrons. The quantitative estimate of drug-likeness (QED) is 0.627. The van der Waals surface area contributed by atoms with Crippen LogP contribution in [-0.2, 0) is 4.79 Å². The zero-order valence-electron chi connectivity index (χ0n) is 16.8. The van der Waals surface area contributed by atoms with Gasteiger partial charge in [-0.15, -0.1) is 0 Å². The second kappa shape index (κ2) is 8.04. The number of nitrogens with zero attached hydrogens (tertiary/aromatic N) is 2. The van der Waals surface area contributed by atoms with Crippen molar-refractivity contribution in [1.82, 2.24) is 9.88 Å². The minimum atomic E-state index is -0.285. The van der Waals surface area contributed by atoms with Gasteiger partial charge in [0.2, 0.25) is 6.79 Å². The molecule has 1 saturated carbocycles. The maximum Gasteiger partial charge on any atom is 0.262 e. The fourth-order valence-electron chi connectivity index (χ4n) is 4.17. The zero-order chi connectivity index (χ0) is 20.4. The Morgan fingerprint density at radius 2 is 1.93 bits per heavy atom. The molecule has 1 aromatic carbocycles. The highest BCUT2D eigenvalue weighted by molar-refractivity contribution is 6.02. The lowest BCUT2D eigenvalue weighted by atomic mass is 9.95. The van der Waals surface area contributed by atoms with Crippen LogP contribution in [0.2, 0.25) is 0 Å². The van der Waals surface area contributed by atoms with E-state index in [2.05, 4.69) is 16.0 Å². The van der Waals surface area contributed by atoms with Gasteiger partial charge in [-0.25, -0.2) is 0 Å².